The molecule has 2 unspecified atom stereocenters. The minimum Gasteiger partial charge on any atom is -0.431 e. The summed E-state index contributed by atoms with van der Waals surface area (Å²) in [6.07, 6.45) is 16.1. The van der Waals surface area contributed by atoms with Gasteiger partial charge in [0.25, 0.3) is 5.22 Å². The summed E-state index contributed by atoms with van der Waals surface area (Å²) in [6, 6.07) is 7.70. The van der Waals surface area contributed by atoms with Crippen LogP contribution in [-0.2, 0) is 9.59 Å². The Labute approximate surface area is 234 Å². The van der Waals surface area contributed by atoms with Gasteiger partial charge < -0.3 is 15.1 Å². The Hall–Kier alpha value is -2.02. The summed E-state index contributed by atoms with van der Waals surface area (Å²) in [7, 11) is 0. The number of hydrogen-bond acceptors (Lipinski definition) is 5. The van der Waals surface area contributed by atoms with E-state index in [-0.39, 0.29) is 23.5 Å². The number of para-hydroxylation sites is 2. The highest BCUT2D eigenvalue weighted by molar-refractivity contribution is 7.99. The first-order valence-corrected chi connectivity index (χ1v) is 16.0. The number of benzene rings is 1. The molecule has 38 heavy (non-hydrogen) atoms. The van der Waals surface area contributed by atoms with E-state index >= 15 is 0 Å². The second kappa shape index (κ2) is 20.0. The molecule has 0 aliphatic carbocycles. The summed E-state index contributed by atoms with van der Waals surface area (Å²) in [6.45, 7) is 7.88. The Balaban J connectivity index is 1.98. The molecule has 2 rings (SSSR count). The van der Waals surface area contributed by atoms with Gasteiger partial charge in [-0.3, -0.25) is 9.59 Å². The van der Waals surface area contributed by atoms with Gasteiger partial charge in [0.1, 0.15) is 5.52 Å². The molecule has 0 aliphatic rings. The van der Waals surface area contributed by atoms with Gasteiger partial charge in [0.15, 0.2) is 5.58 Å². The van der Waals surface area contributed by atoms with Crippen molar-refractivity contribution in [3.05, 3.63) is 24.3 Å². The van der Waals surface area contributed by atoms with Crippen molar-refractivity contribution in [2.45, 2.75) is 128 Å². The van der Waals surface area contributed by atoms with E-state index in [1.54, 1.807) is 0 Å². The van der Waals surface area contributed by atoms with Crippen LogP contribution in [0, 0.1) is 5.92 Å². The first kappa shape index (κ1) is 32.2. The Morgan fingerprint density at radius 3 is 2.05 bits per heavy atom. The molecule has 1 heterocycles. The predicted molar refractivity (Wildman–Crippen MR) is 159 cm³/mol. The Kier molecular flexibility index (Phi) is 16.9. The maximum absolute atomic E-state index is 13.4. The maximum atomic E-state index is 13.4. The third-order valence-corrected chi connectivity index (χ3v) is 8.22. The van der Waals surface area contributed by atoms with Crippen LogP contribution in [0.3, 0.4) is 0 Å². The normalized spacial score (nSPS) is 12.9. The fourth-order valence-corrected chi connectivity index (χ4v) is 5.99. The van der Waals surface area contributed by atoms with Gasteiger partial charge in [-0.15, -0.1) is 0 Å². The first-order valence-electron chi connectivity index (χ1n) is 15.2. The number of oxazole rings is 1. The highest BCUT2D eigenvalue weighted by atomic mass is 32.2. The molecule has 0 fully saturated rings. The van der Waals surface area contributed by atoms with Crippen LogP contribution in [0.2, 0.25) is 0 Å². The van der Waals surface area contributed by atoms with Crippen LogP contribution in [0.25, 0.3) is 11.1 Å². The second-order valence-corrected chi connectivity index (χ2v) is 11.6. The van der Waals surface area contributed by atoms with Gasteiger partial charge in [-0.2, -0.15) is 0 Å². The van der Waals surface area contributed by atoms with Crippen molar-refractivity contribution in [1.29, 1.82) is 0 Å². The quantitative estimate of drug-likeness (QED) is 0.115. The largest absolute Gasteiger partial charge is 0.431 e. The molecule has 0 saturated heterocycles. The standard InChI is InChI=1S/C31H51N3O3S/c1-4-7-9-11-13-17-22-32-29(35)24-25(30(36)33-23-18-14-12-10-8-5-2)28(19-6-3)38-31-34-26-20-15-16-21-27(26)37-31/h15-16,20-21,25,28H,4-14,17-19,22-24H2,1-3H3,(H,32,35)(H,33,36). The van der Waals surface area contributed by atoms with Gasteiger partial charge in [-0.25, -0.2) is 4.98 Å². The third-order valence-electron chi connectivity index (χ3n) is 6.97. The monoisotopic (exact) mass is 545 g/mol. The number of rotatable bonds is 22. The van der Waals surface area contributed by atoms with Gasteiger partial charge in [0.05, 0.1) is 5.92 Å². The number of carbonyl (C=O) groups excluding carboxylic acids is 2. The minimum atomic E-state index is -0.431. The molecule has 214 valence electrons. The number of nitrogens with one attached hydrogen (secondary N) is 2. The summed E-state index contributed by atoms with van der Waals surface area (Å²) in [5.41, 5.74) is 1.55. The molecule has 0 aliphatic heterocycles. The van der Waals surface area contributed by atoms with Crippen molar-refractivity contribution in [2.24, 2.45) is 5.92 Å². The third kappa shape index (κ3) is 12.7. The average molecular weight is 546 g/mol. The Bertz CT molecular complexity index is 884. The van der Waals surface area contributed by atoms with Gasteiger partial charge in [-0.1, -0.05) is 115 Å². The number of carbonyl (C=O) groups is 2. The van der Waals surface area contributed by atoms with Crippen molar-refractivity contribution < 1.29 is 14.0 Å². The van der Waals surface area contributed by atoms with Crippen molar-refractivity contribution in [2.75, 3.05) is 13.1 Å². The number of fused-ring (bicyclic) bond motifs is 1. The SMILES string of the molecule is CCCCCCCCNC(=O)CC(C(=O)NCCCCCCCC)C(CCC)Sc1nc2ccccc2o1. The van der Waals surface area contributed by atoms with Gasteiger partial charge in [-0.05, 0) is 31.4 Å². The number of unbranched alkanes of at least 4 members (excludes halogenated alkanes) is 10. The van der Waals surface area contributed by atoms with Crippen molar-refractivity contribution in [3.63, 3.8) is 0 Å². The predicted octanol–water partition coefficient (Wildman–Crippen LogP) is 8.05. The second-order valence-electron chi connectivity index (χ2n) is 10.4. The van der Waals surface area contributed by atoms with Crippen LogP contribution in [0.15, 0.2) is 33.9 Å². The highest BCUT2D eigenvalue weighted by Crippen LogP contribution is 2.34. The molecule has 0 spiro atoms. The number of hydrogen-bond donors (Lipinski definition) is 2. The van der Waals surface area contributed by atoms with Crippen LogP contribution in [-0.4, -0.2) is 35.1 Å². The zero-order chi connectivity index (χ0) is 27.4. The lowest BCUT2D eigenvalue weighted by Gasteiger charge is -2.24. The topological polar surface area (TPSA) is 84.2 Å². The Morgan fingerprint density at radius 1 is 0.816 bits per heavy atom. The molecule has 0 bridgehead atoms. The number of amides is 2. The molecule has 0 radical (unpaired) electrons. The molecule has 2 aromatic rings. The first-order chi connectivity index (χ1) is 18.6. The van der Waals surface area contributed by atoms with E-state index < -0.39 is 5.92 Å². The van der Waals surface area contributed by atoms with Gasteiger partial charge in [0.2, 0.25) is 11.8 Å². The molecule has 1 aromatic carbocycles. The van der Waals surface area contributed by atoms with E-state index in [2.05, 4.69) is 36.4 Å². The van der Waals surface area contributed by atoms with Crippen LogP contribution >= 0.6 is 11.8 Å². The van der Waals surface area contributed by atoms with E-state index in [0.717, 1.165) is 49.6 Å². The lowest BCUT2D eigenvalue weighted by molar-refractivity contribution is -0.130. The molecule has 2 N–H and O–H groups in total. The molecule has 2 amide bonds. The Morgan fingerprint density at radius 2 is 1.42 bits per heavy atom. The minimum absolute atomic E-state index is 0.0321. The van der Waals surface area contributed by atoms with E-state index in [9.17, 15) is 9.59 Å². The molecule has 7 heteroatoms. The molecule has 0 saturated carbocycles. The van der Waals surface area contributed by atoms with Crippen LogP contribution in [0.4, 0.5) is 0 Å². The average Bonchev–Trinajstić information content (AvgIpc) is 3.33. The fourth-order valence-electron chi connectivity index (χ4n) is 4.70. The number of nitrogens with zero attached hydrogens (tertiary/aromatic N) is 1. The zero-order valence-corrected chi connectivity index (χ0v) is 24.9. The van der Waals surface area contributed by atoms with E-state index in [4.69, 9.17) is 4.42 Å². The van der Waals surface area contributed by atoms with Crippen molar-refractivity contribution >= 4 is 34.7 Å². The van der Waals surface area contributed by atoms with E-state index in [1.165, 1.54) is 63.1 Å². The summed E-state index contributed by atoms with van der Waals surface area (Å²) in [5, 5.41) is 6.69. The fraction of sp³-hybridized carbons (Fsp3) is 0.710. The zero-order valence-electron chi connectivity index (χ0n) is 24.1. The molecular formula is C31H51N3O3S. The van der Waals surface area contributed by atoms with E-state index in [1.807, 2.05) is 24.3 Å². The smallest absolute Gasteiger partial charge is 0.257 e. The highest BCUT2D eigenvalue weighted by Gasteiger charge is 2.32. The van der Waals surface area contributed by atoms with Crippen LogP contribution in [0.1, 0.15) is 117 Å². The molecule has 6 nitrogen and oxygen atoms in total. The molecule has 2 atom stereocenters. The summed E-state index contributed by atoms with van der Waals surface area (Å²) >= 11 is 1.49. The maximum Gasteiger partial charge on any atom is 0.257 e. The lowest BCUT2D eigenvalue weighted by Crippen LogP contribution is -2.40. The lowest BCUT2D eigenvalue weighted by atomic mass is 9.96. The van der Waals surface area contributed by atoms with Gasteiger partial charge in [0, 0.05) is 24.8 Å². The number of thioether (sulfide) groups is 1. The van der Waals surface area contributed by atoms with Crippen molar-refractivity contribution in [3.8, 4) is 0 Å². The van der Waals surface area contributed by atoms with E-state index in [0.29, 0.717) is 18.3 Å². The summed E-state index contributed by atoms with van der Waals surface area (Å²) < 4.78 is 5.96. The summed E-state index contributed by atoms with van der Waals surface area (Å²) in [5.74, 6) is -0.507. The summed E-state index contributed by atoms with van der Waals surface area (Å²) in [4.78, 5) is 31.0. The van der Waals surface area contributed by atoms with Crippen LogP contribution in [0.5, 0.6) is 0 Å². The van der Waals surface area contributed by atoms with Crippen LogP contribution < -0.4 is 10.6 Å². The number of aromatic nitrogens is 1. The van der Waals surface area contributed by atoms with Crippen molar-refractivity contribution in [1.82, 2.24) is 15.6 Å². The molecular weight excluding hydrogens is 494 g/mol. The van der Waals surface area contributed by atoms with Gasteiger partial charge >= 0.3 is 0 Å². The molecule has 1 aromatic heterocycles.